The minimum atomic E-state index is -3.69. The van der Waals surface area contributed by atoms with Crippen LogP contribution in [-0.2, 0) is 16.4 Å². The maximum absolute atomic E-state index is 12.2. The highest BCUT2D eigenvalue weighted by Gasteiger charge is 2.14. The third kappa shape index (κ3) is 3.13. The maximum atomic E-state index is 12.2. The largest absolute Gasteiger partial charge is 0.280 e. The second-order valence-corrected chi connectivity index (χ2v) is 5.83. The number of pyridine rings is 1. The number of nitriles is 1. The van der Waals surface area contributed by atoms with Crippen LogP contribution in [0.2, 0.25) is 0 Å². The van der Waals surface area contributed by atoms with Gasteiger partial charge in [-0.3, -0.25) is 4.72 Å². The molecule has 1 N–H and O–H groups in total. The Morgan fingerprint density at radius 2 is 2.10 bits per heavy atom. The summed E-state index contributed by atoms with van der Waals surface area (Å²) >= 11 is 0. The van der Waals surface area contributed by atoms with Crippen molar-refractivity contribution in [1.82, 2.24) is 4.98 Å². The van der Waals surface area contributed by atoms with Crippen LogP contribution in [0.3, 0.4) is 0 Å². The van der Waals surface area contributed by atoms with Gasteiger partial charge in [0.25, 0.3) is 10.0 Å². The zero-order chi connectivity index (χ0) is 14.6. The number of hydrogen-bond donors (Lipinski definition) is 1. The molecule has 0 atom stereocenters. The Morgan fingerprint density at radius 1 is 1.30 bits per heavy atom. The molecule has 0 amide bonds. The van der Waals surface area contributed by atoms with Crippen LogP contribution in [0.1, 0.15) is 18.2 Å². The van der Waals surface area contributed by atoms with Crippen LogP contribution in [0.5, 0.6) is 0 Å². The van der Waals surface area contributed by atoms with Crippen LogP contribution in [0.25, 0.3) is 0 Å². The summed E-state index contributed by atoms with van der Waals surface area (Å²) in [5.74, 6) is 0. The molecule has 5 nitrogen and oxygen atoms in total. The van der Waals surface area contributed by atoms with Crippen molar-refractivity contribution in [2.45, 2.75) is 18.2 Å². The average Bonchev–Trinajstić information content (AvgIpc) is 2.47. The summed E-state index contributed by atoms with van der Waals surface area (Å²) in [7, 11) is -3.69. The molecule has 0 bridgehead atoms. The standard InChI is InChI=1S/C14H13N3O2S/c1-2-11-4-3-5-12(8-11)17-20(18,19)14-7-6-13(9-15)16-10-14/h3-8,10,17H,2H2,1H3. The average molecular weight is 287 g/mol. The normalized spacial score (nSPS) is 10.8. The molecule has 0 aliphatic rings. The summed E-state index contributed by atoms with van der Waals surface area (Å²) in [5, 5.41) is 8.65. The monoisotopic (exact) mass is 287 g/mol. The fourth-order valence-corrected chi connectivity index (χ4v) is 2.67. The topological polar surface area (TPSA) is 82.9 Å². The van der Waals surface area contributed by atoms with Gasteiger partial charge in [0.1, 0.15) is 16.7 Å². The number of nitrogens with one attached hydrogen (secondary N) is 1. The van der Waals surface area contributed by atoms with Crippen molar-refractivity contribution in [3.8, 4) is 6.07 Å². The first-order chi connectivity index (χ1) is 9.55. The van der Waals surface area contributed by atoms with Gasteiger partial charge in [0, 0.05) is 11.9 Å². The molecule has 1 aromatic heterocycles. The Labute approximate surface area is 118 Å². The molecule has 2 aromatic rings. The molecular formula is C14H13N3O2S. The van der Waals surface area contributed by atoms with Gasteiger partial charge in [-0.2, -0.15) is 5.26 Å². The Bertz CT molecular complexity index is 747. The Kier molecular flexibility index (Phi) is 4.01. The molecule has 20 heavy (non-hydrogen) atoms. The molecule has 6 heteroatoms. The summed E-state index contributed by atoms with van der Waals surface area (Å²) in [6.45, 7) is 2.00. The molecule has 0 radical (unpaired) electrons. The van der Waals surface area contributed by atoms with Crippen LogP contribution < -0.4 is 4.72 Å². The van der Waals surface area contributed by atoms with Crippen molar-refractivity contribution in [2.75, 3.05) is 4.72 Å². The number of anilines is 1. The molecule has 2 rings (SSSR count). The van der Waals surface area contributed by atoms with Gasteiger partial charge in [-0.1, -0.05) is 19.1 Å². The molecule has 0 unspecified atom stereocenters. The van der Waals surface area contributed by atoms with Gasteiger partial charge < -0.3 is 0 Å². The lowest BCUT2D eigenvalue weighted by atomic mass is 10.1. The zero-order valence-electron chi connectivity index (χ0n) is 10.9. The number of aromatic nitrogens is 1. The summed E-state index contributed by atoms with van der Waals surface area (Å²) in [5.41, 5.74) is 1.73. The Balaban J connectivity index is 2.28. The van der Waals surface area contributed by atoms with Crippen LogP contribution in [0, 0.1) is 11.3 Å². The lowest BCUT2D eigenvalue weighted by Crippen LogP contribution is -2.13. The van der Waals surface area contributed by atoms with E-state index in [1.165, 1.54) is 18.3 Å². The molecule has 1 aromatic carbocycles. The highest BCUT2D eigenvalue weighted by Crippen LogP contribution is 2.17. The second-order valence-electron chi connectivity index (χ2n) is 4.15. The van der Waals surface area contributed by atoms with Gasteiger partial charge in [0.05, 0.1) is 0 Å². The van der Waals surface area contributed by atoms with E-state index in [0.29, 0.717) is 5.69 Å². The summed E-state index contributed by atoms with van der Waals surface area (Å²) < 4.78 is 26.8. The fourth-order valence-electron chi connectivity index (χ4n) is 1.67. The lowest BCUT2D eigenvalue weighted by Gasteiger charge is -2.08. The number of hydrogen-bond acceptors (Lipinski definition) is 4. The predicted molar refractivity (Wildman–Crippen MR) is 75.6 cm³/mol. The first-order valence-electron chi connectivity index (χ1n) is 6.03. The summed E-state index contributed by atoms with van der Waals surface area (Å²) in [4.78, 5) is 3.78. The van der Waals surface area contributed by atoms with E-state index in [-0.39, 0.29) is 10.6 Å². The third-order valence-corrected chi connectivity index (χ3v) is 4.12. The minimum Gasteiger partial charge on any atom is -0.280 e. The number of benzene rings is 1. The van der Waals surface area contributed by atoms with E-state index in [9.17, 15) is 8.42 Å². The van der Waals surface area contributed by atoms with Gasteiger partial charge >= 0.3 is 0 Å². The fraction of sp³-hybridized carbons (Fsp3) is 0.143. The zero-order valence-corrected chi connectivity index (χ0v) is 11.7. The molecule has 1 heterocycles. The highest BCUT2D eigenvalue weighted by atomic mass is 32.2. The van der Waals surface area contributed by atoms with Crippen LogP contribution >= 0.6 is 0 Å². The van der Waals surface area contributed by atoms with Gasteiger partial charge in [-0.05, 0) is 36.2 Å². The Hall–Kier alpha value is -2.39. The molecule has 102 valence electrons. The molecule has 0 saturated carbocycles. The van der Waals surface area contributed by atoms with Gasteiger partial charge in [-0.15, -0.1) is 0 Å². The summed E-state index contributed by atoms with van der Waals surface area (Å²) in [6, 6.07) is 11.8. The summed E-state index contributed by atoms with van der Waals surface area (Å²) in [6.07, 6.45) is 2.00. The number of sulfonamides is 1. The van der Waals surface area contributed by atoms with Gasteiger partial charge in [0.15, 0.2) is 0 Å². The SMILES string of the molecule is CCc1cccc(NS(=O)(=O)c2ccc(C#N)nc2)c1. The quantitative estimate of drug-likeness (QED) is 0.935. The van der Waals surface area contributed by atoms with E-state index in [4.69, 9.17) is 5.26 Å². The number of aryl methyl sites for hydroxylation is 1. The van der Waals surface area contributed by atoms with Crippen LogP contribution in [0.4, 0.5) is 5.69 Å². The molecule has 0 aliphatic heterocycles. The van der Waals surface area contributed by atoms with E-state index < -0.39 is 10.0 Å². The van der Waals surface area contributed by atoms with E-state index in [1.807, 2.05) is 19.1 Å². The molecule has 0 fully saturated rings. The molecule has 0 saturated heterocycles. The highest BCUT2D eigenvalue weighted by molar-refractivity contribution is 7.92. The maximum Gasteiger partial charge on any atom is 0.263 e. The van der Waals surface area contributed by atoms with Crippen molar-refractivity contribution >= 4 is 15.7 Å². The van der Waals surface area contributed by atoms with Crippen molar-refractivity contribution in [3.05, 3.63) is 53.9 Å². The first kappa shape index (κ1) is 14.0. The smallest absolute Gasteiger partial charge is 0.263 e. The van der Waals surface area contributed by atoms with Crippen molar-refractivity contribution in [3.63, 3.8) is 0 Å². The third-order valence-electron chi connectivity index (χ3n) is 2.75. The van der Waals surface area contributed by atoms with E-state index in [1.54, 1.807) is 18.2 Å². The van der Waals surface area contributed by atoms with Gasteiger partial charge in [-0.25, -0.2) is 13.4 Å². The minimum absolute atomic E-state index is 0.0263. The van der Waals surface area contributed by atoms with Crippen molar-refractivity contribution in [2.24, 2.45) is 0 Å². The van der Waals surface area contributed by atoms with Gasteiger partial charge in [0.2, 0.25) is 0 Å². The van der Waals surface area contributed by atoms with Crippen molar-refractivity contribution < 1.29 is 8.42 Å². The first-order valence-corrected chi connectivity index (χ1v) is 7.51. The van der Waals surface area contributed by atoms with Crippen molar-refractivity contribution in [1.29, 1.82) is 5.26 Å². The van der Waals surface area contributed by atoms with E-state index in [0.717, 1.165) is 12.0 Å². The number of rotatable bonds is 4. The predicted octanol–water partition coefficient (Wildman–Crippen LogP) is 2.32. The van der Waals surface area contributed by atoms with E-state index in [2.05, 4.69) is 9.71 Å². The lowest BCUT2D eigenvalue weighted by molar-refractivity contribution is 0.601. The molecular weight excluding hydrogens is 274 g/mol. The Morgan fingerprint density at radius 3 is 2.70 bits per heavy atom. The molecule has 0 spiro atoms. The number of nitrogens with zero attached hydrogens (tertiary/aromatic N) is 2. The molecule has 0 aliphatic carbocycles. The van der Waals surface area contributed by atoms with Crippen LogP contribution in [0.15, 0.2) is 47.5 Å². The van der Waals surface area contributed by atoms with Crippen LogP contribution in [-0.4, -0.2) is 13.4 Å². The second kappa shape index (κ2) is 5.72. The van der Waals surface area contributed by atoms with E-state index >= 15 is 0 Å².